The highest BCUT2D eigenvalue weighted by molar-refractivity contribution is 7.13. The van der Waals surface area contributed by atoms with E-state index in [1.54, 1.807) is 35.8 Å². The standard InChI is InChI=1S/C17H21N3O3S/c1-4-23-13-7-5-12(6-8-13)15(21)19-14(11(2)3)16(22)20-17-18-9-10-24-17/h5-11,14H,4H2,1-3H3,(H,19,21)(H,18,20,22)/t14-/m0/s1. The van der Waals surface area contributed by atoms with Crippen LogP contribution in [0.25, 0.3) is 0 Å². The number of nitrogens with zero attached hydrogens (tertiary/aromatic N) is 1. The highest BCUT2D eigenvalue weighted by atomic mass is 32.1. The molecule has 6 nitrogen and oxygen atoms in total. The summed E-state index contributed by atoms with van der Waals surface area (Å²) in [5.41, 5.74) is 0.478. The molecule has 1 aromatic heterocycles. The van der Waals surface area contributed by atoms with Crippen molar-refractivity contribution in [1.29, 1.82) is 0 Å². The lowest BCUT2D eigenvalue weighted by Gasteiger charge is -2.21. The highest BCUT2D eigenvalue weighted by Crippen LogP contribution is 2.15. The van der Waals surface area contributed by atoms with E-state index in [0.717, 1.165) is 0 Å². The summed E-state index contributed by atoms with van der Waals surface area (Å²) in [6.07, 6.45) is 1.61. The molecule has 24 heavy (non-hydrogen) atoms. The third-order valence-corrected chi connectivity index (χ3v) is 4.01. The van der Waals surface area contributed by atoms with Crippen LogP contribution in [0.5, 0.6) is 5.75 Å². The Balaban J connectivity index is 2.03. The molecule has 0 unspecified atom stereocenters. The molecular formula is C17H21N3O3S. The number of anilines is 1. The first kappa shape index (κ1) is 17.9. The van der Waals surface area contributed by atoms with Crippen LogP contribution in [-0.4, -0.2) is 29.4 Å². The van der Waals surface area contributed by atoms with Crippen LogP contribution in [0.15, 0.2) is 35.8 Å². The van der Waals surface area contributed by atoms with Gasteiger partial charge in [0.1, 0.15) is 11.8 Å². The average Bonchev–Trinajstić information content (AvgIpc) is 3.06. The van der Waals surface area contributed by atoms with E-state index in [0.29, 0.717) is 23.1 Å². The molecule has 0 aliphatic carbocycles. The van der Waals surface area contributed by atoms with Gasteiger partial charge in [0, 0.05) is 17.1 Å². The van der Waals surface area contributed by atoms with E-state index in [1.807, 2.05) is 20.8 Å². The molecule has 2 rings (SSSR count). The fourth-order valence-electron chi connectivity index (χ4n) is 2.10. The number of hydrogen-bond acceptors (Lipinski definition) is 5. The number of aromatic nitrogens is 1. The number of thiazole rings is 1. The van der Waals surface area contributed by atoms with Gasteiger partial charge < -0.3 is 15.4 Å². The minimum atomic E-state index is -0.645. The lowest BCUT2D eigenvalue weighted by atomic mass is 10.0. The second-order valence-corrected chi connectivity index (χ2v) is 6.37. The van der Waals surface area contributed by atoms with Gasteiger partial charge in [-0.15, -0.1) is 11.3 Å². The first-order valence-corrected chi connectivity index (χ1v) is 8.63. The van der Waals surface area contributed by atoms with Gasteiger partial charge in [-0.3, -0.25) is 9.59 Å². The van der Waals surface area contributed by atoms with Crippen LogP contribution in [0.3, 0.4) is 0 Å². The van der Waals surface area contributed by atoms with Crippen molar-refractivity contribution in [3.05, 3.63) is 41.4 Å². The molecule has 0 fully saturated rings. The Morgan fingerprint density at radius 3 is 2.50 bits per heavy atom. The number of amides is 2. The van der Waals surface area contributed by atoms with Gasteiger partial charge >= 0.3 is 0 Å². The number of rotatable bonds is 7. The van der Waals surface area contributed by atoms with Crippen molar-refractivity contribution < 1.29 is 14.3 Å². The van der Waals surface area contributed by atoms with Gasteiger partial charge in [-0.2, -0.15) is 0 Å². The van der Waals surface area contributed by atoms with Gasteiger partial charge in [0.2, 0.25) is 5.91 Å². The van der Waals surface area contributed by atoms with Crippen LogP contribution >= 0.6 is 11.3 Å². The number of nitrogens with one attached hydrogen (secondary N) is 2. The van der Waals surface area contributed by atoms with E-state index in [9.17, 15) is 9.59 Å². The summed E-state index contributed by atoms with van der Waals surface area (Å²) in [5.74, 6) is 0.0675. The second kappa shape index (κ2) is 8.44. The lowest BCUT2D eigenvalue weighted by molar-refractivity contribution is -0.118. The van der Waals surface area contributed by atoms with Crippen molar-refractivity contribution in [2.24, 2.45) is 5.92 Å². The number of carbonyl (C=O) groups excluding carboxylic acids is 2. The fourth-order valence-corrected chi connectivity index (χ4v) is 2.63. The zero-order valence-corrected chi connectivity index (χ0v) is 14.7. The molecule has 0 aliphatic rings. The molecule has 1 heterocycles. The number of ether oxygens (including phenoxy) is 1. The summed E-state index contributed by atoms with van der Waals surface area (Å²) in [7, 11) is 0. The van der Waals surface area contributed by atoms with Crippen LogP contribution in [0.4, 0.5) is 5.13 Å². The summed E-state index contributed by atoms with van der Waals surface area (Å²) >= 11 is 1.33. The van der Waals surface area contributed by atoms with Crippen molar-refractivity contribution in [2.45, 2.75) is 26.8 Å². The molecule has 0 aliphatic heterocycles. The monoisotopic (exact) mass is 347 g/mol. The molecule has 2 N–H and O–H groups in total. The van der Waals surface area contributed by atoms with E-state index < -0.39 is 6.04 Å². The van der Waals surface area contributed by atoms with Gasteiger partial charge in [0.25, 0.3) is 5.91 Å². The molecule has 2 aromatic rings. The summed E-state index contributed by atoms with van der Waals surface area (Å²) in [6, 6.07) is 6.18. The molecule has 1 atom stereocenters. The van der Waals surface area contributed by atoms with Crippen molar-refractivity contribution in [1.82, 2.24) is 10.3 Å². The van der Waals surface area contributed by atoms with E-state index in [-0.39, 0.29) is 17.7 Å². The maximum Gasteiger partial charge on any atom is 0.251 e. The smallest absolute Gasteiger partial charge is 0.251 e. The molecule has 0 saturated carbocycles. The zero-order valence-electron chi connectivity index (χ0n) is 13.9. The van der Waals surface area contributed by atoms with Crippen molar-refractivity contribution in [2.75, 3.05) is 11.9 Å². The molecule has 1 aromatic carbocycles. The van der Waals surface area contributed by atoms with Crippen molar-refractivity contribution in [3.63, 3.8) is 0 Å². The van der Waals surface area contributed by atoms with E-state index in [2.05, 4.69) is 15.6 Å². The molecule has 0 radical (unpaired) electrons. The Labute approximate surface area is 145 Å². The van der Waals surface area contributed by atoms with E-state index >= 15 is 0 Å². The Morgan fingerprint density at radius 1 is 1.25 bits per heavy atom. The molecule has 7 heteroatoms. The van der Waals surface area contributed by atoms with Crippen molar-refractivity contribution >= 4 is 28.3 Å². The predicted molar refractivity (Wildman–Crippen MR) is 94.4 cm³/mol. The van der Waals surface area contributed by atoms with E-state index in [1.165, 1.54) is 11.3 Å². The van der Waals surface area contributed by atoms with Crippen LogP contribution < -0.4 is 15.4 Å². The Hall–Kier alpha value is -2.41. The van der Waals surface area contributed by atoms with Crippen LogP contribution in [-0.2, 0) is 4.79 Å². The maximum atomic E-state index is 12.4. The van der Waals surface area contributed by atoms with Gasteiger partial charge in [-0.1, -0.05) is 13.8 Å². The second-order valence-electron chi connectivity index (χ2n) is 5.48. The normalized spacial score (nSPS) is 11.8. The molecular weight excluding hydrogens is 326 g/mol. The van der Waals surface area contributed by atoms with Crippen LogP contribution in [0.1, 0.15) is 31.1 Å². The molecule has 2 amide bonds. The number of carbonyl (C=O) groups is 2. The van der Waals surface area contributed by atoms with Crippen molar-refractivity contribution in [3.8, 4) is 5.75 Å². The minimum Gasteiger partial charge on any atom is -0.494 e. The minimum absolute atomic E-state index is 0.0587. The van der Waals surface area contributed by atoms with E-state index in [4.69, 9.17) is 4.74 Å². The first-order chi connectivity index (χ1) is 11.5. The summed E-state index contributed by atoms with van der Waals surface area (Å²) in [5, 5.41) is 7.79. The van der Waals surface area contributed by atoms with Gasteiger partial charge in [0.05, 0.1) is 6.61 Å². The summed E-state index contributed by atoms with van der Waals surface area (Å²) < 4.78 is 5.36. The highest BCUT2D eigenvalue weighted by Gasteiger charge is 2.25. The zero-order chi connectivity index (χ0) is 17.5. The quantitative estimate of drug-likeness (QED) is 0.807. The topological polar surface area (TPSA) is 80.3 Å². The van der Waals surface area contributed by atoms with Crippen LogP contribution in [0, 0.1) is 5.92 Å². The third kappa shape index (κ3) is 4.79. The molecule has 0 spiro atoms. The van der Waals surface area contributed by atoms with Gasteiger partial charge in [-0.05, 0) is 37.1 Å². The number of benzene rings is 1. The Morgan fingerprint density at radius 2 is 1.96 bits per heavy atom. The maximum absolute atomic E-state index is 12.4. The number of hydrogen-bond donors (Lipinski definition) is 2. The van der Waals surface area contributed by atoms with Crippen LogP contribution in [0.2, 0.25) is 0 Å². The largest absolute Gasteiger partial charge is 0.494 e. The predicted octanol–water partition coefficient (Wildman–Crippen LogP) is 2.93. The van der Waals surface area contributed by atoms with Gasteiger partial charge in [-0.25, -0.2) is 4.98 Å². The fraction of sp³-hybridized carbons (Fsp3) is 0.353. The summed E-state index contributed by atoms with van der Waals surface area (Å²) in [6.45, 7) is 6.22. The first-order valence-electron chi connectivity index (χ1n) is 7.75. The Bertz CT molecular complexity index is 669. The molecule has 128 valence electrons. The average molecular weight is 347 g/mol. The molecule has 0 bridgehead atoms. The summed E-state index contributed by atoms with van der Waals surface area (Å²) in [4.78, 5) is 28.8. The molecule has 0 saturated heterocycles. The third-order valence-electron chi connectivity index (χ3n) is 3.33. The Kier molecular flexibility index (Phi) is 6.31. The van der Waals surface area contributed by atoms with Gasteiger partial charge in [0.15, 0.2) is 5.13 Å². The SMILES string of the molecule is CCOc1ccc(C(=O)N[C@H](C(=O)Nc2nccs2)C(C)C)cc1. The lowest BCUT2D eigenvalue weighted by Crippen LogP contribution is -2.47.